The van der Waals surface area contributed by atoms with Crippen LogP contribution < -0.4 is 11.1 Å². The van der Waals surface area contributed by atoms with Gasteiger partial charge in [-0.15, -0.1) is 0 Å². The normalized spacial score (nSPS) is 20.3. The zero-order valence-electron chi connectivity index (χ0n) is 12.0. The summed E-state index contributed by atoms with van der Waals surface area (Å²) in [4.78, 5) is 12.5. The van der Waals surface area contributed by atoms with Gasteiger partial charge >= 0.3 is 0 Å². The van der Waals surface area contributed by atoms with Crippen molar-refractivity contribution in [3.63, 3.8) is 0 Å². The van der Waals surface area contributed by atoms with Gasteiger partial charge < -0.3 is 15.8 Å². The van der Waals surface area contributed by atoms with E-state index in [1.54, 1.807) is 7.11 Å². The highest BCUT2D eigenvalue weighted by Crippen LogP contribution is 2.27. The number of hydrogen-bond donors (Lipinski definition) is 2. The number of amides is 1. The van der Waals surface area contributed by atoms with E-state index in [4.69, 9.17) is 22.7 Å². The molecule has 0 aromatic carbocycles. The van der Waals surface area contributed by atoms with Crippen LogP contribution in [-0.2, 0) is 9.53 Å². The number of rotatable bonds is 6. The molecule has 1 rings (SSSR count). The number of carbonyl (C=O) groups excluding carboxylic acids is 1. The van der Waals surface area contributed by atoms with Crippen LogP contribution >= 0.6 is 12.2 Å². The summed E-state index contributed by atoms with van der Waals surface area (Å²) < 4.78 is 5.15. The van der Waals surface area contributed by atoms with Crippen LogP contribution in [0.1, 0.15) is 58.3 Å². The summed E-state index contributed by atoms with van der Waals surface area (Å²) in [6.45, 7) is 1.96. The van der Waals surface area contributed by atoms with Crippen LogP contribution in [0.2, 0.25) is 0 Å². The zero-order chi connectivity index (χ0) is 14.3. The molecule has 1 fully saturated rings. The summed E-state index contributed by atoms with van der Waals surface area (Å²) in [5.41, 5.74) is 5.43. The molecule has 0 spiro atoms. The maximum absolute atomic E-state index is 12.1. The number of ether oxygens (including phenoxy) is 1. The number of methoxy groups -OCH3 is 1. The molecular formula is C14H26N2O2S. The van der Waals surface area contributed by atoms with E-state index in [2.05, 4.69) is 5.32 Å². The molecule has 1 atom stereocenters. The molecule has 0 radical (unpaired) electrons. The van der Waals surface area contributed by atoms with Crippen molar-refractivity contribution in [1.82, 2.24) is 5.32 Å². The summed E-state index contributed by atoms with van der Waals surface area (Å²) >= 11 is 5.20. The van der Waals surface area contributed by atoms with Crippen molar-refractivity contribution in [2.75, 3.05) is 7.11 Å². The molecule has 0 bridgehead atoms. The molecule has 4 nitrogen and oxygen atoms in total. The van der Waals surface area contributed by atoms with Gasteiger partial charge in [-0.1, -0.05) is 37.9 Å². The van der Waals surface area contributed by atoms with Gasteiger partial charge in [0.05, 0.1) is 16.6 Å². The molecule has 1 saturated carbocycles. The Hall–Kier alpha value is -0.680. The standard InChI is InChI=1S/C14H26N2O2S/c1-11(18-2)7-8-12(17)16-14(13(15)19)9-5-3-4-6-10-14/h11H,3-10H2,1-2H3,(H2,15,19)(H,16,17). The van der Waals surface area contributed by atoms with Gasteiger partial charge in [0.25, 0.3) is 0 Å². The van der Waals surface area contributed by atoms with Crippen LogP contribution in [0.5, 0.6) is 0 Å². The van der Waals surface area contributed by atoms with Crippen molar-refractivity contribution in [1.29, 1.82) is 0 Å². The maximum atomic E-state index is 12.1. The van der Waals surface area contributed by atoms with Crippen molar-refractivity contribution in [2.24, 2.45) is 5.73 Å². The Bertz CT molecular complexity index is 313. The lowest BCUT2D eigenvalue weighted by atomic mass is 9.89. The van der Waals surface area contributed by atoms with Crippen molar-refractivity contribution >= 4 is 23.1 Å². The predicted molar refractivity (Wildman–Crippen MR) is 81.1 cm³/mol. The largest absolute Gasteiger partial charge is 0.391 e. The first kappa shape index (κ1) is 16.4. The predicted octanol–water partition coefficient (Wildman–Crippen LogP) is 2.30. The number of thiocarbonyl (C=S) groups is 1. The highest BCUT2D eigenvalue weighted by Gasteiger charge is 2.35. The molecule has 1 aliphatic carbocycles. The van der Waals surface area contributed by atoms with Gasteiger partial charge in [0.15, 0.2) is 0 Å². The smallest absolute Gasteiger partial charge is 0.220 e. The van der Waals surface area contributed by atoms with E-state index in [1.165, 1.54) is 12.8 Å². The zero-order valence-corrected chi connectivity index (χ0v) is 12.9. The quantitative estimate of drug-likeness (QED) is 0.581. The number of nitrogens with one attached hydrogen (secondary N) is 1. The molecule has 0 aromatic heterocycles. The highest BCUT2D eigenvalue weighted by atomic mass is 32.1. The molecule has 0 aliphatic heterocycles. The molecule has 0 saturated heterocycles. The Morgan fingerprint density at radius 1 is 1.37 bits per heavy atom. The van der Waals surface area contributed by atoms with Gasteiger partial charge in [-0.3, -0.25) is 4.79 Å². The van der Waals surface area contributed by atoms with E-state index in [-0.39, 0.29) is 12.0 Å². The minimum Gasteiger partial charge on any atom is -0.391 e. The topological polar surface area (TPSA) is 64.3 Å². The highest BCUT2D eigenvalue weighted by molar-refractivity contribution is 7.80. The lowest BCUT2D eigenvalue weighted by Gasteiger charge is -2.33. The van der Waals surface area contributed by atoms with Gasteiger partial charge in [0.1, 0.15) is 0 Å². The Balaban J connectivity index is 2.57. The van der Waals surface area contributed by atoms with E-state index in [1.807, 2.05) is 6.92 Å². The number of nitrogens with two attached hydrogens (primary N) is 1. The van der Waals surface area contributed by atoms with Crippen LogP contribution in [0.15, 0.2) is 0 Å². The number of hydrogen-bond acceptors (Lipinski definition) is 3. The van der Waals surface area contributed by atoms with Crippen molar-refractivity contribution in [2.45, 2.75) is 69.9 Å². The third-order valence-electron chi connectivity index (χ3n) is 3.99. The molecule has 110 valence electrons. The van der Waals surface area contributed by atoms with E-state index in [0.29, 0.717) is 11.4 Å². The maximum Gasteiger partial charge on any atom is 0.220 e. The second-order valence-electron chi connectivity index (χ2n) is 5.49. The average molecular weight is 286 g/mol. The first-order chi connectivity index (χ1) is 9.00. The molecular weight excluding hydrogens is 260 g/mol. The van der Waals surface area contributed by atoms with E-state index < -0.39 is 5.54 Å². The van der Waals surface area contributed by atoms with Crippen LogP contribution in [-0.4, -0.2) is 29.6 Å². The first-order valence-corrected chi connectivity index (χ1v) is 7.55. The van der Waals surface area contributed by atoms with Gasteiger partial charge in [-0.05, 0) is 26.2 Å². The molecule has 5 heteroatoms. The Morgan fingerprint density at radius 3 is 2.42 bits per heavy atom. The fourth-order valence-corrected chi connectivity index (χ4v) is 2.80. The lowest BCUT2D eigenvalue weighted by molar-refractivity contribution is -0.123. The van der Waals surface area contributed by atoms with Crippen LogP contribution in [0.4, 0.5) is 0 Å². The summed E-state index contributed by atoms with van der Waals surface area (Å²) in [6, 6.07) is 0. The summed E-state index contributed by atoms with van der Waals surface area (Å²) in [6.07, 6.45) is 7.55. The van der Waals surface area contributed by atoms with E-state index in [0.717, 1.165) is 32.1 Å². The second kappa shape index (κ2) is 7.80. The summed E-state index contributed by atoms with van der Waals surface area (Å²) in [7, 11) is 1.66. The monoisotopic (exact) mass is 286 g/mol. The molecule has 1 amide bonds. The minimum absolute atomic E-state index is 0.0265. The number of carbonyl (C=O) groups is 1. The van der Waals surface area contributed by atoms with Crippen molar-refractivity contribution in [3.05, 3.63) is 0 Å². The molecule has 3 N–H and O–H groups in total. The SMILES string of the molecule is COC(C)CCC(=O)NC1(C(N)=S)CCCCCC1. The van der Waals surface area contributed by atoms with E-state index >= 15 is 0 Å². The average Bonchev–Trinajstić information content (AvgIpc) is 2.62. The Morgan fingerprint density at radius 2 is 1.95 bits per heavy atom. The molecule has 0 aromatic rings. The molecule has 0 heterocycles. The van der Waals surface area contributed by atoms with Crippen molar-refractivity contribution < 1.29 is 9.53 Å². The van der Waals surface area contributed by atoms with Gasteiger partial charge in [0.2, 0.25) is 5.91 Å². The van der Waals surface area contributed by atoms with Gasteiger partial charge in [-0.2, -0.15) is 0 Å². The van der Waals surface area contributed by atoms with Crippen LogP contribution in [0.25, 0.3) is 0 Å². The summed E-state index contributed by atoms with van der Waals surface area (Å²) in [5.74, 6) is 0.0265. The fourth-order valence-electron chi connectivity index (χ4n) is 2.55. The van der Waals surface area contributed by atoms with Gasteiger partial charge in [-0.25, -0.2) is 0 Å². The van der Waals surface area contributed by atoms with Crippen molar-refractivity contribution in [3.8, 4) is 0 Å². The Labute approximate surface area is 121 Å². The Kier molecular flexibility index (Phi) is 6.72. The third-order valence-corrected chi connectivity index (χ3v) is 4.38. The van der Waals surface area contributed by atoms with Gasteiger partial charge in [0, 0.05) is 13.5 Å². The van der Waals surface area contributed by atoms with Crippen LogP contribution in [0, 0.1) is 0 Å². The molecule has 19 heavy (non-hydrogen) atoms. The summed E-state index contributed by atoms with van der Waals surface area (Å²) in [5, 5.41) is 3.09. The van der Waals surface area contributed by atoms with Crippen LogP contribution in [0.3, 0.4) is 0 Å². The fraction of sp³-hybridized carbons (Fsp3) is 0.857. The first-order valence-electron chi connectivity index (χ1n) is 7.14. The second-order valence-corrected chi connectivity index (χ2v) is 5.93. The third kappa shape index (κ3) is 5.07. The van der Waals surface area contributed by atoms with E-state index in [9.17, 15) is 4.79 Å². The lowest BCUT2D eigenvalue weighted by Crippen LogP contribution is -2.56. The minimum atomic E-state index is -0.459. The molecule has 1 unspecified atom stereocenters. The molecule has 1 aliphatic rings.